The first-order valence-corrected chi connectivity index (χ1v) is 28.8. The van der Waals surface area contributed by atoms with Gasteiger partial charge in [0.15, 0.2) is 0 Å². The van der Waals surface area contributed by atoms with E-state index in [1.54, 1.807) is 0 Å². The number of hydrogen-bond donors (Lipinski definition) is 0. The van der Waals surface area contributed by atoms with Crippen molar-refractivity contribution < 1.29 is 0 Å². The predicted molar refractivity (Wildman–Crippen MR) is 334 cm³/mol. The lowest BCUT2D eigenvalue weighted by atomic mass is 9.82. The maximum Gasteiger partial charge on any atom is 0.109 e. The summed E-state index contributed by atoms with van der Waals surface area (Å²) in [5, 5.41) is 8.87. The summed E-state index contributed by atoms with van der Waals surface area (Å²) >= 11 is 5.62. The smallest absolute Gasteiger partial charge is 0.109 e. The van der Waals surface area contributed by atoms with Gasteiger partial charge in [-0.05, 0) is 137 Å². The number of nitrogens with zero attached hydrogens (tertiary/aromatic N) is 3. The van der Waals surface area contributed by atoms with Gasteiger partial charge in [-0.2, -0.15) is 0 Å². The third-order valence-electron chi connectivity index (χ3n) is 16.2. The average Bonchev–Trinajstić information content (AvgIpc) is 4.39. The molecule has 0 spiro atoms. The summed E-state index contributed by atoms with van der Waals surface area (Å²) in [7, 11) is 0. The van der Waals surface area contributed by atoms with Crippen LogP contribution in [0.5, 0.6) is 0 Å². The van der Waals surface area contributed by atoms with Gasteiger partial charge < -0.3 is 14.4 Å². The van der Waals surface area contributed by atoms with Crippen LogP contribution in [0.3, 0.4) is 0 Å². The Morgan fingerprint density at radius 2 is 0.896 bits per heavy atom. The molecule has 0 atom stereocenters. The van der Waals surface area contributed by atoms with Gasteiger partial charge in [-0.15, -0.1) is 34.0 Å². The standard InChI is InChI=1S/C71H47N3S3/c1-71(2)60-24-12-9-20-52(60)53-36-32-50(42-61(53)71)73(46-18-7-4-8-19-46)62-25-15-23-57-68-56-37-33-51(43-63(56)74(70(68)77-69(57)62)47-30-28-45(29-31-47)44-16-5-3-6-17-44)72(48-34-38-66-58(40-48)54-21-10-13-26-64(54)75-66)49-35-39-67-59(41-49)55-22-11-14-27-65(55)76-67/h3-43H,1-2H3. The van der Waals surface area contributed by atoms with Gasteiger partial charge in [0.25, 0.3) is 0 Å². The third kappa shape index (κ3) is 6.86. The van der Waals surface area contributed by atoms with E-state index in [2.05, 4.69) is 277 Å². The first-order valence-electron chi connectivity index (χ1n) is 26.3. The summed E-state index contributed by atoms with van der Waals surface area (Å²) in [6.45, 7) is 4.74. The second-order valence-electron chi connectivity index (χ2n) is 20.9. The van der Waals surface area contributed by atoms with Crippen LogP contribution in [0.2, 0.25) is 0 Å². The molecular weight excluding hydrogens is 991 g/mol. The zero-order valence-electron chi connectivity index (χ0n) is 42.2. The van der Waals surface area contributed by atoms with E-state index in [1.807, 2.05) is 34.0 Å². The minimum absolute atomic E-state index is 0.134. The Balaban J connectivity index is 0.930. The van der Waals surface area contributed by atoms with Crippen LogP contribution in [0.4, 0.5) is 34.1 Å². The molecule has 0 bridgehead atoms. The number of benzene rings is 11. The van der Waals surface area contributed by atoms with Crippen molar-refractivity contribution >= 4 is 140 Å². The Morgan fingerprint density at radius 3 is 1.61 bits per heavy atom. The number of para-hydroxylation sites is 1. The molecule has 15 aromatic rings. The van der Waals surface area contributed by atoms with E-state index in [9.17, 15) is 0 Å². The van der Waals surface area contributed by atoms with E-state index in [0.29, 0.717) is 0 Å². The molecule has 3 nitrogen and oxygen atoms in total. The molecule has 0 unspecified atom stereocenters. The van der Waals surface area contributed by atoms with E-state index in [0.717, 1.165) is 45.3 Å². The number of rotatable bonds is 8. The molecule has 77 heavy (non-hydrogen) atoms. The molecule has 0 saturated carbocycles. The Bertz CT molecular complexity index is 4730. The SMILES string of the molecule is CC1(C)c2ccccc2-c2ccc(N(c3ccccc3)c3cccc4c3sc3c4c4ccc(N(c5ccc6sc7ccccc7c6c5)c5ccc6sc7ccccc7c6c5)cc4n3-c3ccc(-c4ccccc4)cc3)cc21. The second-order valence-corrected chi connectivity index (χ2v) is 24.0. The van der Waals surface area contributed by atoms with Crippen molar-refractivity contribution in [3.05, 3.63) is 260 Å². The molecule has 0 radical (unpaired) electrons. The minimum Gasteiger partial charge on any atom is -0.310 e. The van der Waals surface area contributed by atoms with Crippen molar-refractivity contribution in [1.29, 1.82) is 0 Å². The molecule has 1 aliphatic rings. The average molecular weight is 1040 g/mol. The van der Waals surface area contributed by atoms with Crippen LogP contribution in [0, 0.1) is 0 Å². The Hall–Kier alpha value is -8.78. The molecule has 0 fully saturated rings. The molecule has 16 rings (SSSR count). The van der Waals surface area contributed by atoms with Crippen molar-refractivity contribution in [2.24, 2.45) is 0 Å². The zero-order valence-corrected chi connectivity index (χ0v) is 44.7. The van der Waals surface area contributed by atoms with E-state index >= 15 is 0 Å². The maximum absolute atomic E-state index is 2.53. The Kier molecular flexibility index (Phi) is 9.90. The predicted octanol–water partition coefficient (Wildman–Crippen LogP) is 21.6. The fourth-order valence-corrected chi connectivity index (χ4v) is 16.1. The summed E-state index contributed by atoms with van der Waals surface area (Å²) in [6.07, 6.45) is 0. The highest BCUT2D eigenvalue weighted by atomic mass is 32.1. The van der Waals surface area contributed by atoms with E-state index in [-0.39, 0.29) is 5.41 Å². The van der Waals surface area contributed by atoms with Crippen LogP contribution >= 0.6 is 34.0 Å². The number of hydrogen-bond acceptors (Lipinski definition) is 5. The van der Waals surface area contributed by atoms with Gasteiger partial charge >= 0.3 is 0 Å². The molecular formula is C71H47N3S3. The summed E-state index contributed by atoms with van der Waals surface area (Å²) < 4.78 is 8.97. The number of thiophene rings is 3. The van der Waals surface area contributed by atoms with Crippen LogP contribution in [0.1, 0.15) is 25.0 Å². The first-order chi connectivity index (χ1) is 37.9. The number of anilines is 6. The molecule has 0 N–H and O–H groups in total. The lowest BCUT2D eigenvalue weighted by molar-refractivity contribution is 0.660. The van der Waals surface area contributed by atoms with Crippen molar-refractivity contribution in [3.8, 4) is 27.9 Å². The lowest BCUT2D eigenvalue weighted by Gasteiger charge is -2.28. The van der Waals surface area contributed by atoms with Gasteiger partial charge in [0.05, 0.1) is 15.9 Å². The number of aromatic nitrogens is 1. The van der Waals surface area contributed by atoms with Crippen molar-refractivity contribution in [1.82, 2.24) is 4.57 Å². The highest BCUT2D eigenvalue weighted by Gasteiger charge is 2.36. The highest BCUT2D eigenvalue weighted by molar-refractivity contribution is 7.27. The summed E-state index contributed by atoms with van der Waals surface area (Å²) in [4.78, 5) is 6.18. The molecule has 4 aromatic heterocycles. The van der Waals surface area contributed by atoms with Gasteiger partial charge in [-0.3, -0.25) is 0 Å². The van der Waals surface area contributed by atoms with Crippen molar-refractivity contribution in [2.45, 2.75) is 19.3 Å². The van der Waals surface area contributed by atoms with Crippen molar-refractivity contribution in [3.63, 3.8) is 0 Å². The zero-order chi connectivity index (χ0) is 50.9. The van der Waals surface area contributed by atoms with Crippen LogP contribution in [-0.4, -0.2) is 4.57 Å². The second kappa shape index (κ2) is 17.1. The molecule has 0 aliphatic heterocycles. The van der Waals surface area contributed by atoms with Crippen LogP contribution in [-0.2, 0) is 5.41 Å². The van der Waals surface area contributed by atoms with E-state index < -0.39 is 0 Å². The maximum atomic E-state index is 2.53. The Morgan fingerprint density at radius 1 is 0.351 bits per heavy atom. The fraction of sp³-hybridized carbons (Fsp3) is 0.0423. The summed E-state index contributed by atoms with van der Waals surface area (Å²) in [5.74, 6) is 0. The molecule has 0 amide bonds. The van der Waals surface area contributed by atoms with Crippen LogP contribution < -0.4 is 9.80 Å². The van der Waals surface area contributed by atoms with Crippen LogP contribution in [0.25, 0.3) is 99.5 Å². The topological polar surface area (TPSA) is 11.4 Å². The normalized spacial score (nSPS) is 12.9. The lowest BCUT2D eigenvalue weighted by Crippen LogP contribution is -2.16. The highest BCUT2D eigenvalue weighted by Crippen LogP contribution is 2.54. The number of fused-ring (bicyclic) bond motifs is 14. The van der Waals surface area contributed by atoms with Gasteiger partial charge in [-0.1, -0.05) is 159 Å². The van der Waals surface area contributed by atoms with E-state index in [1.165, 1.54) is 99.4 Å². The molecule has 1 aliphatic carbocycles. The quantitative estimate of drug-likeness (QED) is 0.150. The fourth-order valence-electron chi connectivity index (χ4n) is 12.5. The summed E-state index contributed by atoms with van der Waals surface area (Å²) in [6, 6.07) is 92.6. The molecule has 6 heteroatoms. The third-order valence-corrected chi connectivity index (χ3v) is 19.7. The summed E-state index contributed by atoms with van der Waals surface area (Å²) in [5.41, 5.74) is 16.7. The first kappa shape index (κ1) is 44.5. The van der Waals surface area contributed by atoms with E-state index in [4.69, 9.17) is 0 Å². The molecule has 4 heterocycles. The van der Waals surface area contributed by atoms with Gasteiger partial charge in [-0.25, -0.2) is 0 Å². The minimum atomic E-state index is -0.134. The Labute approximate surface area is 458 Å². The van der Waals surface area contributed by atoms with Gasteiger partial charge in [0.1, 0.15) is 4.83 Å². The monoisotopic (exact) mass is 1040 g/mol. The molecule has 11 aromatic carbocycles. The van der Waals surface area contributed by atoms with Crippen LogP contribution in [0.15, 0.2) is 249 Å². The van der Waals surface area contributed by atoms with Crippen molar-refractivity contribution in [2.75, 3.05) is 9.80 Å². The van der Waals surface area contributed by atoms with Gasteiger partial charge in [0.2, 0.25) is 0 Å². The van der Waals surface area contributed by atoms with Gasteiger partial charge in [0, 0.05) is 96.0 Å². The largest absolute Gasteiger partial charge is 0.310 e. The molecule has 364 valence electrons. The molecule has 0 saturated heterocycles.